The van der Waals surface area contributed by atoms with E-state index in [2.05, 4.69) is 0 Å². The Hall–Kier alpha value is -1.39. The summed E-state index contributed by atoms with van der Waals surface area (Å²) in [6.45, 7) is 0.333. The van der Waals surface area contributed by atoms with E-state index in [0.29, 0.717) is 6.92 Å². The summed E-state index contributed by atoms with van der Waals surface area (Å²) in [6.07, 6.45) is 0. The number of alkyl halides is 2. The van der Waals surface area contributed by atoms with Crippen LogP contribution in [0.5, 0.6) is 0 Å². The second kappa shape index (κ2) is 3.40. The van der Waals surface area contributed by atoms with Crippen LogP contribution in [0.4, 0.5) is 17.6 Å². The van der Waals surface area contributed by atoms with Gasteiger partial charge in [-0.05, 0) is 12.1 Å². The molecule has 14 heavy (non-hydrogen) atoms. The number of Topliss-reactive ketones (excluding diaryl/α,β-unsaturated/α-hetero) is 1. The van der Waals surface area contributed by atoms with E-state index in [1.54, 1.807) is 0 Å². The van der Waals surface area contributed by atoms with E-state index >= 15 is 0 Å². The Labute approximate surface area is 77.3 Å². The van der Waals surface area contributed by atoms with Gasteiger partial charge < -0.3 is 0 Å². The molecule has 0 spiro atoms. The average molecular weight is 206 g/mol. The Morgan fingerprint density at radius 3 is 2.36 bits per heavy atom. The van der Waals surface area contributed by atoms with Crippen LogP contribution in [0.25, 0.3) is 0 Å². The molecule has 0 heterocycles. The molecule has 0 saturated carbocycles. The third-order valence-electron chi connectivity index (χ3n) is 1.59. The molecular formula is C9H6F4O. The van der Waals surface area contributed by atoms with E-state index in [-0.39, 0.29) is 0 Å². The van der Waals surface area contributed by atoms with Gasteiger partial charge in [0.05, 0.1) is 5.56 Å². The maximum atomic E-state index is 12.9. The third-order valence-corrected chi connectivity index (χ3v) is 1.59. The standard InChI is InChI=1S/C9H6F4O/c1-9(12,13)8(14)5-3-2-4-6(10)7(5)11/h2-4H,1H3. The molecule has 1 nitrogen and oxygen atoms in total. The Balaban J connectivity index is 3.21. The predicted octanol–water partition coefficient (Wildman–Crippen LogP) is 2.80. The van der Waals surface area contributed by atoms with Crippen molar-refractivity contribution < 1.29 is 22.4 Å². The molecule has 0 amide bonds. The monoisotopic (exact) mass is 206 g/mol. The van der Waals surface area contributed by atoms with E-state index in [1.807, 2.05) is 0 Å². The highest BCUT2D eigenvalue weighted by molar-refractivity contribution is 6.01. The smallest absolute Gasteiger partial charge is 0.287 e. The van der Waals surface area contributed by atoms with Gasteiger partial charge >= 0.3 is 5.92 Å². The van der Waals surface area contributed by atoms with Crippen molar-refractivity contribution in [3.8, 4) is 0 Å². The van der Waals surface area contributed by atoms with Gasteiger partial charge in [0.15, 0.2) is 11.6 Å². The molecule has 0 atom stereocenters. The van der Waals surface area contributed by atoms with Crippen molar-refractivity contribution in [1.29, 1.82) is 0 Å². The summed E-state index contributed by atoms with van der Waals surface area (Å²) >= 11 is 0. The normalized spacial score (nSPS) is 11.5. The Kier molecular flexibility index (Phi) is 2.59. The number of hydrogen-bond acceptors (Lipinski definition) is 1. The Morgan fingerprint density at radius 2 is 1.86 bits per heavy atom. The van der Waals surface area contributed by atoms with E-state index in [0.717, 1.165) is 18.2 Å². The van der Waals surface area contributed by atoms with Crippen LogP contribution in [0.3, 0.4) is 0 Å². The second-order valence-corrected chi connectivity index (χ2v) is 2.82. The van der Waals surface area contributed by atoms with Crippen molar-refractivity contribution in [3.05, 3.63) is 35.4 Å². The highest BCUT2D eigenvalue weighted by Crippen LogP contribution is 2.22. The number of halogens is 4. The summed E-state index contributed by atoms with van der Waals surface area (Å²) in [5.41, 5.74) is -0.933. The third kappa shape index (κ3) is 1.92. The first kappa shape index (κ1) is 10.7. The molecule has 0 saturated heterocycles. The van der Waals surface area contributed by atoms with Crippen molar-refractivity contribution in [2.24, 2.45) is 0 Å². The minimum atomic E-state index is -3.70. The van der Waals surface area contributed by atoms with Gasteiger partial charge in [-0.1, -0.05) is 6.07 Å². The molecule has 1 rings (SSSR count). The molecule has 0 bridgehead atoms. The van der Waals surface area contributed by atoms with Crippen molar-refractivity contribution in [2.75, 3.05) is 0 Å². The van der Waals surface area contributed by atoms with E-state index in [1.165, 1.54) is 0 Å². The zero-order chi connectivity index (χ0) is 10.9. The lowest BCUT2D eigenvalue weighted by Gasteiger charge is -2.09. The summed E-state index contributed by atoms with van der Waals surface area (Å²) in [5.74, 6) is -8.29. The van der Waals surface area contributed by atoms with Gasteiger partial charge in [-0.25, -0.2) is 8.78 Å². The minimum Gasteiger partial charge on any atom is -0.287 e. The van der Waals surface area contributed by atoms with Gasteiger partial charge in [-0.2, -0.15) is 8.78 Å². The molecule has 0 unspecified atom stereocenters. The van der Waals surface area contributed by atoms with Gasteiger partial charge in [-0.15, -0.1) is 0 Å². The molecular weight excluding hydrogens is 200 g/mol. The van der Waals surface area contributed by atoms with Crippen LogP contribution in [0.2, 0.25) is 0 Å². The van der Waals surface area contributed by atoms with Gasteiger partial charge in [0.2, 0.25) is 5.78 Å². The van der Waals surface area contributed by atoms with E-state index in [4.69, 9.17) is 0 Å². The molecule has 0 fully saturated rings. The first-order valence-corrected chi connectivity index (χ1v) is 3.70. The van der Waals surface area contributed by atoms with Crippen LogP contribution < -0.4 is 0 Å². The molecule has 0 aromatic heterocycles. The number of carbonyl (C=O) groups excluding carboxylic acids is 1. The summed E-state index contributed by atoms with van der Waals surface area (Å²) in [7, 11) is 0. The highest BCUT2D eigenvalue weighted by atomic mass is 19.3. The number of benzene rings is 1. The van der Waals surface area contributed by atoms with Gasteiger partial charge in [0.1, 0.15) is 0 Å². The van der Waals surface area contributed by atoms with Crippen LogP contribution in [0.15, 0.2) is 18.2 Å². The largest absolute Gasteiger partial charge is 0.307 e. The average Bonchev–Trinajstić information content (AvgIpc) is 2.07. The fraction of sp³-hybridized carbons (Fsp3) is 0.222. The summed E-state index contributed by atoms with van der Waals surface area (Å²) in [5, 5.41) is 0. The van der Waals surface area contributed by atoms with Crippen molar-refractivity contribution >= 4 is 5.78 Å². The number of carbonyl (C=O) groups is 1. The lowest BCUT2D eigenvalue weighted by atomic mass is 10.1. The summed E-state index contributed by atoms with van der Waals surface area (Å²) in [6, 6.07) is 2.56. The summed E-state index contributed by atoms with van der Waals surface area (Å²) in [4.78, 5) is 10.9. The van der Waals surface area contributed by atoms with E-state index in [9.17, 15) is 22.4 Å². The van der Waals surface area contributed by atoms with Gasteiger partial charge in [-0.3, -0.25) is 4.79 Å². The first-order valence-electron chi connectivity index (χ1n) is 3.70. The predicted molar refractivity (Wildman–Crippen MR) is 41.3 cm³/mol. The first-order chi connectivity index (χ1) is 6.34. The minimum absolute atomic E-state index is 0.333. The molecule has 0 radical (unpaired) electrons. The molecule has 0 aliphatic carbocycles. The van der Waals surface area contributed by atoms with Crippen LogP contribution >= 0.6 is 0 Å². The quantitative estimate of drug-likeness (QED) is 0.537. The van der Waals surface area contributed by atoms with Crippen LogP contribution in [0.1, 0.15) is 17.3 Å². The van der Waals surface area contributed by atoms with Crippen LogP contribution in [-0.4, -0.2) is 11.7 Å². The zero-order valence-electron chi connectivity index (χ0n) is 7.15. The topological polar surface area (TPSA) is 17.1 Å². The maximum absolute atomic E-state index is 12.9. The van der Waals surface area contributed by atoms with Crippen molar-refractivity contribution in [1.82, 2.24) is 0 Å². The molecule has 1 aromatic carbocycles. The molecule has 1 aromatic rings. The van der Waals surface area contributed by atoms with Crippen LogP contribution in [0, 0.1) is 11.6 Å². The van der Waals surface area contributed by atoms with E-state index < -0.39 is 28.9 Å². The van der Waals surface area contributed by atoms with Crippen molar-refractivity contribution in [2.45, 2.75) is 12.8 Å². The molecule has 0 N–H and O–H groups in total. The fourth-order valence-corrected chi connectivity index (χ4v) is 0.916. The fourth-order valence-electron chi connectivity index (χ4n) is 0.916. The number of hydrogen-bond donors (Lipinski definition) is 0. The highest BCUT2D eigenvalue weighted by Gasteiger charge is 2.35. The second-order valence-electron chi connectivity index (χ2n) is 2.82. The molecule has 0 aliphatic rings. The molecule has 76 valence electrons. The Morgan fingerprint density at radius 1 is 1.29 bits per heavy atom. The Bertz CT molecular complexity index is 368. The summed E-state index contributed by atoms with van der Waals surface area (Å²) < 4.78 is 50.4. The zero-order valence-corrected chi connectivity index (χ0v) is 7.15. The molecule has 0 aliphatic heterocycles. The van der Waals surface area contributed by atoms with Gasteiger partial charge in [0.25, 0.3) is 0 Å². The lowest BCUT2D eigenvalue weighted by molar-refractivity contribution is 0.0216. The number of ketones is 1. The van der Waals surface area contributed by atoms with Crippen LogP contribution in [-0.2, 0) is 0 Å². The molecule has 5 heteroatoms. The van der Waals surface area contributed by atoms with Crippen molar-refractivity contribution in [3.63, 3.8) is 0 Å². The SMILES string of the molecule is CC(F)(F)C(=O)c1cccc(F)c1F. The maximum Gasteiger partial charge on any atom is 0.307 e. The number of rotatable bonds is 2. The lowest BCUT2D eigenvalue weighted by Crippen LogP contribution is -2.25. The van der Waals surface area contributed by atoms with Gasteiger partial charge in [0, 0.05) is 6.92 Å².